The van der Waals surface area contributed by atoms with Crippen LogP contribution in [0.15, 0.2) is 58.1 Å². The summed E-state index contributed by atoms with van der Waals surface area (Å²) in [5.41, 5.74) is 4.36. The summed E-state index contributed by atoms with van der Waals surface area (Å²) in [7, 11) is 0. The molecule has 0 saturated carbocycles. The zero-order valence-corrected chi connectivity index (χ0v) is 15.8. The fraction of sp³-hybridized carbons (Fsp3) is 0.0526. The molecule has 0 bridgehead atoms. The molecule has 1 aliphatic heterocycles. The Balaban J connectivity index is 1.57. The molecule has 3 aromatic rings. The van der Waals surface area contributed by atoms with Crippen LogP contribution in [-0.4, -0.2) is 26.1 Å². The van der Waals surface area contributed by atoms with Gasteiger partial charge in [0.2, 0.25) is 0 Å². The first kappa shape index (κ1) is 17.4. The number of fused-ring (bicyclic) bond motifs is 1. The van der Waals surface area contributed by atoms with Crippen LogP contribution in [0, 0.1) is 6.92 Å². The van der Waals surface area contributed by atoms with Gasteiger partial charge < -0.3 is 4.42 Å². The molecule has 2 amide bonds. The number of aromatic nitrogens is 1. The second kappa shape index (κ2) is 6.98. The molecule has 1 aliphatic rings. The minimum atomic E-state index is -0.456. The highest BCUT2D eigenvalue weighted by Crippen LogP contribution is 2.31. The van der Waals surface area contributed by atoms with Gasteiger partial charge in [0.1, 0.15) is 5.76 Å². The summed E-state index contributed by atoms with van der Waals surface area (Å²) < 4.78 is 5.37. The van der Waals surface area contributed by atoms with Crippen LogP contribution < -0.4 is 5.43 Å². The summed E-state index contributed by atoms with van der Waals surface area (Å²) in [5.74, 6) is -0.383. The van der Waals surface area contributed by atoms with Crippen LogP contribution in [0.1, 0.15) is 21.8 Å². The highest BCUT2D eigenvalue weighted by molar-refractivity contribution is 8.26. The van der Waals surface area contributed by atoms with Gasteiger partial charge in [-0.25, -0.2) is 4.98 Å². The summed E-state index contributed by atoms with van der Waals surface area (Å²) in [6.45, 7) is 1.67. The van der Waals surface area contributed by atoms with E-state index in [0.717, 1.165) is 27.7 Å². The van der Waals surface area contributed by atoms with Crippen LogP contribution in [0.3, 0.4) is 0 Å². The first-order chi connectivity index (χ1) is 13.0. The molecule has 0 aliphatic carbocycles. The normalized spacial score (nSPS) is 15.7. The molecule has 0 unspecified atom stereocenters. The molecule has 1 N–H and O–H groups in total. The molecule has 134 valence electrons. The lowest BCUT2D eigenvalue weighted by Crippen LogP contribution is -2.44. The van der Waals surface area contributed by atoms with Crippen LogP contribution in [0.5, 0.6) is 0 Å². The van der Waals surface area contributed by atoms with Crippen LogP contribution >= 0.6 is 24.0 Å². The number of carbonyl (C=O) groups excluding carboxylic acids is 2. The summed E-state index contributed by atoms with van der Waals surface area (Å²) in [5, 5.41) is 2.09. The molecule has 1 saturated heterocycles. The summed E-state index contributed by atoms with van der Waals surface area (Å²) in [4.78, 5) is 29.9. The molecule has 0 spiro atoms. The molecule has 27 heavy (non-hydrogen) atoms. The number of nitrogens with one attached hydrogen (secondary N) is 1. The predicted molar refractivity (Wildman–Crippen MR) is 108 cm³/mol. The molecular weight excluding hydrogens is 382 g/mol. The zero-order chi connectivity index (χ0) is 19.0. The van der Waals surface area contributed by atoms with Gasteiger partial charge in [0, 0.05) is 5.39 Å². The number of thiocarbonyl (C=S) groups is 1. The largest absolute Gasteiger partial charge is 0.469 e. The van der Waals surface area contributed by atoms with Gasteiger partial charge in [-0.3, -0.25) is 15.0 Å². The van der Waals surface area contributed by atoms with Crippen molar-refractivity contribution in [3.05, 3.63) is 70.7 Å². The van der Waals surface area contributed by atoms with Gasteiger partial charge in [-0.15, -0.1) is 0 Å². The quantitative estimate of drug-likeness (QED) is 0.539. The SMILES string of the molecule is Cc1occc1C(=O)NN1C(=O)C(=Cc2ccc3ccccc3n2)SC1=S. The van der Waals surface area contributed by atoms with Crippen molar-refractivity contribution in [1.29, 1.82) is 0 Å². The first-order valence-corrected chi connectivity index (χ1v) is 9.24. The molecule has 3 heterocycles. The van der Waals surface area contributed by atoms with Crippen molar-refractivity contribution >= 4 is 57.1 Å². The molecule has 8 heteroatoms. The van der Waals surface area contributed by atoms with E-state index >= 15 is 0 Å². The monoisotopic (exact) mass is 395 g/mol. The van der Waals surface area contributed by atoms with E-state index in [2.05, 4.69) is 10.4 Å². The molecule has 4 rings (SSSR count). The average Bonchev–Trinajstić information content (AvgIpc) is 3.20. The van der Waals surface area contributed by atoms with Gasteiger partial charge in [-0.05, 0) is 43.4 Å². The maximum Gasteiger partial charge on any atom is 0.285 e. The van der Waals surface area contributed by atoms with Gasteiger partial charge in [0.05, 0.1) is 27.9 Å². The van der Waals surface area contributed by atoms with Crippen molar-refractivity contribution in [1.82, 2.24) is 15.4 Å². The van der Waals surface area contributed by atoms with E-state index < -0.39 is 11.8 Å². The molecule has 1 aromatic carbocycles. The molecule has 0 radical (unpaired) electrons. The average molecular weight is 395 g/mol. The molecule has 6 nitrogen and oxygen atoms in total. The van der Waals surface area contributed by atoms with Crippen LogP contribution in [0.4, 0.5) is 0 Å². The Hall–Kier alpha value is -2.97. The Labute approximate surface area is 164 Å². The smallest absolute Gasteiger partial charge is 0.285 e. The number of hydrogen-bond donors (Lipinski definition) is 1. The Kier molecular flexibility index (Phi) is 4.51. The van der Waals surface area contributed by atoms with E-state index in [9.17, 15) is 9.59 Å². The Morgan fingerprint density at radius 1 is 1.26 bits per heavy atom. The van der Waals surface area contributed by atoms with E-state index in [1.807, 2.05) is 36.4 Å². The number of nitrogens with zero attached hydrogens (tertiary/aromatic N) is 2. The summed E-state index contributed by atoms with van der Waals surface area (Å²) >= 11 is 6.35. The minimum Gasteiger partial charge on any atom is -0.469 e. The van der Waals surface area contributed by atoms with E-state index in [1.54, 1.807) is 13.0 Å². The summed E-state index contributed by atoms with van der Waals surface area (Å²) in [6.07, 6.45) is 3.08. The van der Waals surface area contributed by atoms with Crippen LogP contribution in [-0.2, 0) is 4.79 Å². The van der Waals surface area contributed by atoms with Crippen molar-refractivity contribution < 1.29 is 14.0 Å². The number of hydrogen-bond acceptors (Lipinski definition) is 6. The number of para-hydroxylation sites is 1. The van der Waals surface area contributed by atoms with Crippen molar-refractivity contribution in [2.45, 2.75) is 6.92 Å². The highest BCUT2D eigenvalue weighted by Gasteiger charge is 2.34. The van der Waals surface area contributed by atoms with Crippen molar-refractivity contribution in [2.24, 2.45) is 0 Å². The number of furan rings is 1. The van der Waals surface area contributed by atoms with Crippen LogP contribution in [0.25, 0.3) is 17.0 Å². The van der Waals surface area contributed by atoms with Crippen molar-refractivity contribution in [3.63, 3.8) is 0 Å². The van der Waals surface area contributed by atoms with Crippen LogP contribution in [0.2, 0.25) is 0 Å². The van der Waals surface area contributed by atoms with Gasteiger partial charge >= 0.3 is 0 Å². The molecular formula is C19H13N3O3S2. The lowest BCUT2D eigenvalue weighted by Gasteiger charge is -2.15. The third kappa shape index (κ3) is 3.36. The van der Waals surface area contributed by atoms with Crippen molar-refractivity contribution in [3.8, 4) is 0 Å². The zero-order valence-electron chi connectivity index (χ0n) is 14.1. The highest BCUT2D eigenvalue weighted by atomic mass is 32.2. The molecule has 1 fully saturated rings. The number of amides is 2. The van der Waals surface area contributed by atoms with E-state index in [1.165, 1.54) is 12.3 Å². The number of pyridine rings is 1. The van der Waals surface area contributed by atoms with E-state index in [0.29, 0.717) is 21.9 Å². The van der Waals surface area contributed by atoms with E-state index in [4.69, 9.17) is 16.6 Å². The van der Waals surface area contributed by atoms with Crippen molar-refractivity contribution in [2.75, 3.05) is 0 Å². The predicted octanol–water partition coefficient (Wildman–Crippen LogP) is 3.68. The van der Waals surface area contributed by atoms with Gasteiger partial charge in [-0.1, -0.05) is 36.0 Å². The standard InChI is InChI=1S/C19H13N3O3S2/c1-11-14(8-9-25-11)17(23)21-22-18(24)16(27-19(22)26)10-13-7-6-12-4-2-3-5-15(12)20-13/h2-10H,1H3,(H,21,23). The molecule has 0 atom stereocenters. The maximum atomic E-state index is 12.7. The van der Waals surface area contributed by atoms with Gasteiger partial charge in [0.15, 0.2) is 4.32 Å². The first-order valence-electron chi connectivity index (χ1n) is 8.02. The fourth-order valence-corrected chi connectivity index (χ4v) is 3.81. The number of benzene rings is 1. The second-order valence-corrected chi connectivity index (χ2v) is 7.45. The Bertz CT molecular complexity index is 1120. The Morgan fingerprint density at radius 3 is 2.85 bits per heavy atom. The summed E-state index contributed by atoms with van der Waals surface area (Å²) in [6, 6.07) is 13.0. The third-order valence-corrected chi connectivity index (χ3v) is 5.31. The van der Waals surface area contributed by atoms with E-state index in [-0.39, 0.29) is 4.32 Å². The third-order valence-electron chi connectivity index (χ3n) is 4.01. The fourth-order valence-electron chi connectivity index (χ4n) is 2.64. The number of aryl methyl sites for hydroxylation is 1. The Morgan fingerprint density at radius 2 is 2.07 bits per heavy atom. The number of carbonyl (C=O) groups is 2. The van der Waals surface area contributed by atoms with Gasteiger partial charge in [0.25, 0.3) is 11.8 Å². The topological polar surface area (TPSA) is 75.4 Å². The lowest BCUT2D eigenvalue weighted by atomic mass is 10.2. The second-order valence-electron chi connectivity index (χ2n) is 5.78. The number of rotatable bonds is 3. The van der Waals surface area contributed by atoms with Gasteiger partial charge in [-0.2, -0.15) is 5.01 Å². The molecule has 2 aromatic heterocycles. The lowest BCUT2D eigenvalue weighted by molar-refractivity contribution is -0.123. The maximum absolute atomic E-state index is 12.7. The number of thioether (sulfide) groups is 1. The number of hydrazine groups is 1. The minimum absolute atomic E-state index is 0.251.